The number of aromatic nitrogens is 2. The van der Waals surface area contributed by atoms with E-state index in [1.807, 2.05) is 0 Å². The van der Waals surface area contributed by atoms with Crippen LogP contribution in [-0.2, 0) is 19.1 Å². The van der Waals surface area contributed by atoms with Crippen molar-refractivity contribution in [1.29, 1.82) is 0 Å². The Morgan fingerprint density at radius 2 is 1.80 bits per heavy atom. The average Bonchev–Trinajstić information content (AvgIpc) is 3.93. The molecule has 1 saturated carbocycles. The molecule has 1 aromatic heterocycles. The summed E-state index contributed by atoms with van der Waals surface area (Å²) in [7, 11) is 0. The Balaban J connectivity index is 1.30. The SMILES string of the molecule is [2H]C([2H])(CCN1CCOCC1)Oc1cc2ncnc(Nc3ccc(N(C(=O)C4(C(N)=O)CC4)c4ccc(F)cc4)cc3F)c2cc1NC(=O)C=C. The second kappa shape index (κ2) is 14.3. The van der Waals surface area contributed by atoms with Gasteiger partial charge in [-0.15, -0.1) is 0 Å². The van der Waals surface area contributed by atoms with Crippen molar-refractivity contribution in [1.82, 2.24) is 14.9 Å². The van der Waals surface area contributed by atoms with E-state index in [2.05, 4.69) is 32.1 Å². The van der Waals surface area contributed by atoms with E-state index in [-0.39, 0.29) is 53.6 Å². The quantitative estimate of drug-likeness (QED) is 0.134. The van der Waals surface area contributed by atoms with Crippen molar-refractivity contribution in [2.24, 2.45) is 11.1 Å². The standard InChI is InChI=1S/C35H35F2N7O5/c1-2-31(45)41-29-19-25-28(20-30(29)49-15-3-12-43-13-16-48-17-14-43)39-21-40-32(25)42-27-9-8-24(18-26(27)37)44(23-6-4-22(36)5-7-23)34(47)35(10-11-35)33(38)46/h2,4-9,18-21H,1,3,10-17H2,(H2,38,46)(H,41,45)(H,39,40,42)/i15D2. The van der Waals surface area contributed by atoms with Gasteiger partial charge in [0.15, 0.2) is 0 Å². The third kappa shape index (κ3) is 7.34. The fraction of sp³-hybridized carbons (Fsp3) is 0.286. The first-order valence-corrected chi connectivity index (χ1v) is 15.6. The molecule has 1 aliphatic heterocycles. The summed E-state index contributed by atoms with van der Waals surface area (Å²) in [6.07, 6.45) is 2.79. The number of anilines is 5. The molecule has 49 heavy (non-hydrogen) atoms. The number of amides is 3. The summed E-state index contributed by atoms with van der Waals surface area (Å²) in [6, 6.07) is 11.8. The molecule has 2 fully saturated rings. The molecule has 3 aromatic carbocycles. The van der Waals surface area contributed by atoms with Crippen LogP contribution >= 0.6 is 0 Å². The van der Waals surface area contributed by atoms with Gasteiger partial charge in [-0.1, -0.05) is 6.58 Å². The summed E-state index contributed by atoms with van der Waals surface area (Å²) >= 11 is 0. The molecule has 0 unspecified atom stereocenters. The number of hydrogen-bond donors (Lipinski definition) is 3. The second-order valence-electron chi connectivity index (χ2n) is 11.6. The Labute approximate surface area is 283 Å². The second-order valence-corrected chi connectivity index (χ2v) is 11.6. The lowest BCUT2D eigenvalue weighted by Crippen LogP contribution is -2.41. The van der Waals surface area contributed by atoms with Gasteiger partial charge in [-0.3, -0.25) is 24.2 Å². The van der Waals surface area contributed by atoms with E-state index >= 15 is 4.39 Å². The van der Waals surface area contributed by atoms with E-state index in [1.54, 1.807) is 0 Å². The first-order valence-electron chi connectivity index (χ1n) is 16.6. The molecule has 4 aromatic rings. The Bertz CT molecular complexity index is 1990. The van der Waals surface area contributed by atoms with E-state index in [1.165, 1.54) is 42.7 Å². The summed E-state index contributed by atoms with van der Waals surface area (Å²) in [5.74, 6) is -3.21. The maximum Gasteiger partial charge on any atom is 0.247 e. The number of nitrogens with one attached hydrogen (secondary N) is 2. The van der Waals surface area contributed by atoms with Crippen molar-refractivity contribution in [2.75, 3.05) is 54.9 Å². The van der Waals surface area contributed by atoms with Gasteiger partial charge in [0, 0.05) is 42.8 Å². The molecule has 3 amide bonds. The zero-order chi connectivity index (χ0) is 36.3. The Hall–Kier alpha value is -5.47. The number of halogens is 2. The van der Waals surface area contributed by atoms with Crippen molar-refractivity contribution in [2.45, 2.75) is 19.3 Å². The van der Waals surface area contributed by atoms with Crippen LogP contribution in [0.25, 0.3) is 10.9 Å². The van der Waals surface area contributed by atoms with Crippen LogP contribution in [0.15, 0.2) is 73.6 Å². The van der Waals surface area contributed by atoms with Crippen molar-refractivity contribution in [3.05, 3.63) is 85.2 Å². The minimum atomic E-state index is -2.11. The number of fused-ring (bicyclic) bond motifs is 1. The highest BCUT2D eigenvalue weighted by Crippen LogP contribution is 2.49. The zero-order valence-corrected chi connectivity index (χ0v) is 26.4. The maximum absolute atomic E-state index is 15.8. The van der Waals surface area contributed by atoms with Crippen LogP contribution < -0.4 is 26.0 Å². The fourth-order valence-electron chi connectivity index (χ4n) is 5.46. The van der Waals surface area contributed by atoms with Crippen LogP contribution in [0.3, 0.4) is 0 Å². The minimum absolute atomic E-state index is 0.0137. The first kappa shape index (κ1) is 30.8. The number of nitrogens with zero attached hydrogens (tertiary/aromatic N) is 4. The minimum Gasteiger partial charge on any atom is -0.491 e. The monoisotopic (exact) mass is 673 g/mol. The summed E-state index contributed by atoms with van der Waals surface area (Å²) in [5, 5.41) is 5.89. The largest absolute Gasteiger partial charge is 0.491 e. The van der Waals surface area contributed by atoms with Gasteiger partial charge in [0.1, 0.15) is 34.9 Å². The molecule has 14 heteroatoms. The normalized spacial score (nSPS) is 16.2. The lowest BCUT2D eigenvalue weighted by molar-refractivity contribution is -0.133. The van der Waals surface area contributed by atoms with Crippen molar-refractivity contribution < 1.29 is 35.4 Å². The molecule has 0 bridgehead atoms. The summed E-state index contributed by atoms with van der Waals surface area (Å²) in [4.78, 5) is 50.0. The molecule has 2 aliphatic rings. The highest BCUT2D eigenvalue weighted by Gasteiger charge is 2.57. The maximum atomic E-state index is 15.8. The van der Waals surface area contributed by atoms with Crippen LogP contribution in [0.1, 0.15) is 22.0 Å². The van der Waals surface area contributed by atoms with Gasteiger partial charge < -0.3 is 25.8 Å². The molecule has 2 heterocycles. The van der Waals surface area contributed by atoms with Crippen LogP contribution in [0.4, 0.5) is 37.3 Å². The number of morpholine rings is 1. The van der Waals surface area contributed by atoms with Crippen molar-refractivity contribution in [3.63, 3.8) is 0 Å². The van der Waals surface area contributed by atoms with Crippen LogP contribution in [0.2, 0.25) is 0 Å². The molecule has 6 rings (SSSR count). The summed E-state index contributed by atoms with van der Waals surface area (Å²) in [5.41, 5.74) is 4.78. The molecular weight excluding hydrogens is 636 g/mol. The lowest BCUT2D eigenvalue weighted by Gasteiger charge is -2.27. The van der Waals surface area contributed by atoms with Crippen LogP contribution in [0.5, 0.6) is 5.75 Å². The van der Waals surface area contributed by atoms with Gasteiger partial charge in [0.2, 0.25) is 17.7 Å². The summed E-state index contributed by atoms with van der Waals surface area (Å²) < 4.78 is 57.8. The predicted octanol–water partition coefficient (Wildman–Crippen LogP) is 4.81. The number of carbonyl (C=O) groups is 3. The highest BCUT2D eigenvalue weighted by atomic mass is 19.1. The van der Waals surface area contributed by atoms with Gasteiger partial charge in [0.05, 0.1) is 45.1 Å². The average molecular weight is 674 g/mol. The van der Waals surface area contributed by atoms with E-state index in [0.717, 1.165) is 29.2 Å². The summed E-state index contributed by atoms with van der Waals surface area (Å²) in [6.45, 7) is 4.31. The smallest absolute Gasteiger partial charge is 0.247 e. The van der Waals surface area contributed by atoms with Gasteiger partial charge >= 0.3 is 0 Å². The Morgan fingerprint density at radius 1 is 1.06 bits per heavy atom. The third-order valence-corrected chi connectivity index (χ3v) is 8.38. The van der Waals surface area contributed by atoms with Crippen molar-refractivity contribution >= 4 is 57.2 Å². The molecule has 1 saturated heterocycles. The van der Waals surface area contributed by atoms with Gasteiger partial charge in [0.25, 0.3) is 0 Å². The van der Waals surface area contributed by atoms with Gasteiger partial charge in [-0.05, 0) is 67.8 Å². The lowest BCUT2D eigenvalue weighted by atomic mass is 10.0. The van der Waals surface area contributed by atoms with Gasteiger partial charge in [-0.2, -0.15) is 0 Å². The fourth-order valence-corrected chi connectivity index (χ4v) is 5.46. The molecule has 0 spiro atoms. The molecule has 12 nitrogen and oxygen atoms in total. The van der Waals surface area contributed by atoms with E-state index in [0.29, 0.717) is 43.8 Å². The molecule has 0 atom stereocenters. The molecule has 0 radical (unpaired) electrons. The third-order valence-electron chi connectivity index (χ3n) is 8.38. The van der Waals surface area contributed by atoms with Crippen molar-refractivity contribution in [3.8, 4) is 5.75 Å². The number of hydrogen-bond acceptors (Lipinski definition) is 9. The number of benzene rings is 3. The van der Waals surface area contributed by atoms with E-state index in [9.17, 15) is 18.8 Å². The first-order chi connectivity index (χ1) is 24.4. The molecule has 4 N–H and O–H groups in total. The van der Waals surface area contributed by atoms with E-state index < -0.39 is 41.3 Å². The Kier molecular flexibility index (Phi) is 9.02. The number of rotatable bonds is 13. The molecule has 254 valence electrons. The number of carbonyl (C=O) groups excluding carboxylic acids is 3. The number of primary amides is 1. The number of nitrogens with two attached hydrogens (primary N) is 1. The number of ether oxygens (including phenoxy) is 2. The Morgan fingerprint density at radius 3 is 2.47 bits per heavy atom. The zero-order valence-electron chi connectivity index (χ0n) is 28.4. The highest BCUT2D eigenvalue weighted by molar-refractivity contribution is 6.16. The molecule has 1 aliphatic carbocycles. The van der Waals surface area contributed by atoms with Crippen LogP contribution in [0, 0.1) is 17.0 Å². The van der Waals surface area contributed by atoms with Gasteiger partial charge in [-0.25, -0.2) is 18.7 Å². The molecular formula is C35H35F2N7O5. The van der Waals surface area contributed by atoms with Crippen LogP contribution in [-0.4, -0.2) is 72.0 Å². The predicted molar refractivity (Wildman–Crippen MR) is 180 cm³/mol. The topological polar surface area (TPSA) is 152 Å². The van der Waals surface area contributed by atoms with E-state index in [4.69, 9.17) is 17.9 Å².